The molecule has 0 bridgehead atoms. The number of ether oxygens (including phenoxy) is 2. The highest BCUT2D eigenvalue weighted by atomic mass is 19.4. The number of benzene rings is 1. The van der Waals surface area contributed by atoms with Crippen LogP contribution in [-0.2, 0) is 0 Å². The predicted octanol–water partition coefficient (Wildman–Crippen LogP) is 3.08. The number of aliphatic hydroxyl groups excluding tert-OH is 1. The number of methoxy groups -OCH3 is 1. The van der Waals surface area contributed by atoms with Crippen LogP contribution >= 0.6 is 0 Å². The smallest absolute Gasteiger partial charge is 0.392 e. The van der Waals surface area contributed by atoms with Crippen molar-refractivity contribution in [3.63, 3.8) is 0 Å². The molecule has 102 valence electrons. The summed E-state index contributed by atoms with van der Waals surface area (Å²) in [5, 5.41) is 9.37. The van der Waals surface area contributed by atoms with Crippen molar-refractivity contribution in [1.29, 1.82) is 0 Å². The summed E-state index contributed by atoms with van der Waals surface area (Å²) in [5.74, 6) is 0.529. The van der Waals surface area contributed by atoms with Crippen molar-refractivity contribution >= 4 is 0 Å². The van der Waals surface area contributed by atoms with Gasteiger partial charge in [-0.05, 0) is 24.6 Å². The second-order valence-electron chi connectivity index (χ2n) is 3.80. The highest BCUT2D eigenvalue weighted by Crippen LogP contribution is 2.31. The molecule has 1 unspecified atom stereocenters. The first-order chi connectivity index (χ1) is 8.33. The fourth-order valence-corrected chi connectivity index (χ4v) is 1.34. The van der Waals surface area contributed by atoms with Crippen molar-refractivity contribution in [2.24, 2.45) is 0 Å². The van der Waals surface area contributed by atoms with Crippen LogP contribution in [0.4, 0.5) is 13.2 Å². The van der Waals surface area contributed by atoms with Crippen LogP contribution in [0.1, 0.15) is 25.0 Å². The average Bonchev–Trinajstić information content (AvgIpc) is 2.27. The second-order valence-corrected chi connectivity index (χ2v) is 3.80. The Morgan fingerprint density at radius 1 is 1.28 bits per heavy atom. The lowest BCUT2D eigenvalue weighted by Crippen LogP contribution is -2.13. The Balaban J connectivity index is 2.71. The monoisotopic (exact) mass is 264 g/mol. The largest absolute Gasteiger partial charge is 0.493 e. The van der Waals surface area contributed by atoms with E-state index in [1.807, 2.05) is 0 Å². The molecule has 0 spiro atoms. The highest BCUT2D eigenvalue weighted by Gasteiger charge is 2.27. The van der Waals surface area contributed by atoms with Crippen LogP contribution in [0.25, 0.3) is 0 Å². The molecular formula is C12H15F3O3. The van der Waals surface area contributed by atoms with Crippen LogP contribution in [0.15, 0.2) is 18.2 Å². The van der Waals surface area contributed by atoms with Gasteiger partial charge in [-0.2, -0.15) is 13.2 Å². The molecule has 18 heavy (non-hydrogen) atoms. The van der Waals surface area contributed by atoms with Gasteiger partial charge >= 0.3 is 6.18 Å². The zero-order valence-electron chi connectivity index (χ0n) is 10.1. The van der Waals surface area contributed by atoms with E-state index >= 15 is 0 Å². The molecule has 1 rings (SSSR count). The van der Waals surface area contributed by atoms with Crippen molar-refractivity contribution in [2.75, 3.05) is 13.7 Å². The second kappa shape index (κ2) is 5.95. The van der Waals surface area contributed by atoms with Crippen LogP contribution in [0.5, 0.6) is 11.5 Å². The molecule has 0 aliphatic rings. The summed E-state index contributed by atoms with van der Waals surface area (Å²) in [6, 6.07) is 4.60. The van der Waals surface area contributed by atoms with Gasteiger partial charge in [0.1, 0.15) is 0 Å². The van der Waals surface area contributed by atoms with Crippen molar-refractivity contribution < 1.29 is 27.8 Å². The van der Waals surface area contributed by atoms with E-state index in [-0.39, 0.29) is 5.75 Å². The molecule has 0 fully saturated rings. The minimum Gasteiger partial charge on any atom is -0.493 e. The van der Waals surface area contributed by atoms with E-state index in [1.165, 1.54) is 19.2 Å². The topological polar surface area (TPSA) is 38.7 Å². The van der Waals surface area contributed by atoms with Gasteiger partial charge < -0.3 is 14.6 Å². The van der Waals surface area contributed by atoms with Gasteiger partial charge in [0.15, 0.2) is 11.5 Å². The zero-order chi connectivity index (χ0) is 13.8. The minimum absolute atomic E-state index is 0.228. The first kappa shape index (κ1) is 14.6. The molecule has 0 radical (unpaired) electrons. The molecule has 0 aromatic heterocycles. The molecular weight excluding hydrogens is 249 g/mol. The van der Waals surface area contributed by atoms with Gasteiger partial charge in [0.2, 0.25) is 0 Å². The molecule has 6 heteroatoms. The standard InChI is InChI=1S/C12H15F3O3/c1-8(16)9-3-4-10(11(7-9)17-2)18-6-5-12(13,14)15/h3-4,7-8,16H,5-6H2,1-2H3. The van der Waals surface area contributed by atoms with Crippen molar-refractivity contribution in [1.82, 2.24) is 0 Å². The maximum Gasteiger partial charge on any atom is 0.392 e. The third-order valence-corrected chi connectivity index (χ3v) is 2.31. The van der Waals surface area contributed by atoms with E-state index in [4.69, 9.17) is 9.47 Å². The van der Waals surface area contributed by atoms with E-state index in [2.05, 4.69) is 0 Å². The third kappa shape index (κ3) is 4.44. The molecule has 1 aromatic carbocycles. The van der Waals surface area contributed by atoms with Gasteiger partial charge in [-0.15, -0.1) is 0 Å². The number of hydrogen-bond donors (Lipinski definition) is 1. The number of aliphatic hydroxyl groups is 1. The highest BCUT2D eigenvalue weighted by molar-refractivity contribution is 5.43. The van der Waals surface area contributed by atoms with Gasteiger partial charge in [0.05, 0.1) is 26.2 Å². The van der Waals surface area contributed by atoms with Crippen LogP contribution in [-0.4, -0.2) is 25.0 Å². The van der Waals surface area contributed by atoms with Crippen LogP contribution in [0.2, 0.25) is 0 Å². The summed E-state index contributed by atoms with van der Waals surface area (Å²) in [7, 11) is 1.39. The van der Waals surface area contributed by atoms with Gasteiger partial charge in [-0.3, -0.25) is 0 Å². The molecule has 0 saturated carbocycles. The Hall–Kier alpha value is -1.43. The summed E-state index contributed by atoms with van der Waals surface area (Å²) >= 11 is 0. The molecule has 1 N–H and O–H groups in total. The molecule has 1 aromatic rings. The Kier molecular flexibility index (Phi) is 4.84. The van der Waals surface area contributed by atoms with Crippen LogP contribution in [0, 0.1) is 0 Å². The first-order valence-electron chi connectivity index (χ1n) is 5.39. The lowest BCUT2D eigenvalue weighted by molar-refractivity contribution is -0.139. The van der Waals surface area contributed by atoms with Crippen molar-refractivity contribution in [3.05, 3.63) is 23.8 Å². The predicted molar refractivity (Wildman–Crippen MR) is 59.8 cm³/mol. The number of rotatable bonds is 5. The van der Waals surface area contributed by atoms with E-state index in [0.717, 1.165) is 0 Å². The van der Waals surface area contributed by atoms with E-state index < -0.39 is 25.3 Å². The Morgan fingerprint density at radius 2 is 1.94 bits per heavy atom. The first-order valence-corrected chi connectivity index (χ1v) is 5.39. The lowest BCUT2D eigenvalue weighted by atomic mass is 10.1. The fourth-order valence-electron chi connectivity index (χ4n) is 1.34. The lowest BCUT2D eigenvalue weighted by Gasteiger charge is -2.14. The zero-order valence-corrected chi connectivity index (χ0v) is 10.1. The quantitative estimate of drug-likeness (QED) is 0.888. The Morgan fingerprint density at radius 3 is 2.44 bits per heavy atom. The van der Waals surface area contributed by atoms with Gasteiger partial charge in [-0.25, -0.2) is 0 Å². The van der Waals surface area contributed by atoms with Crippen molar-refractivity contribution in [2.45, 2.75) is 25.6 Å². The average molecular weight is 264 g/mol. The summed E-state index contributed by atoms with van der Waals surface area (Å²) in [5.41, 5.74) is 0.607. The Bertz CT molecular complexity index is 389. The number of hydrogen-bond acceptors (Lipinski definition) is 3. The van der Waals surface area contributed by atoms with Crippen molar-refractivity contribution in [3.8, 4) is 11.5 Å². The van der Waals surface area contributed by atoms with Gasteiger partial charge in [0.25, 0.3) is 0 Å². The fraction of sp³-hybridized carbons (Fsp3) is 0.500. The van der Waals surface area contributed by atoms with Gasteiger partial charge in [-0.1, -0.05) is 6.07 Å². The Labute approximate surface area is 103 Å². The van der Waals surface area contributed by atoms with Gasteiger partial charge in [0, 0.05) is 0 Å². The van der Waals surface area contributed by atoms with Crippen LogP contribution in [0.3, 0.4) is 0 Å². The van der Waals surface area contributed by atoms with Crippen LogP contribution < -0.4 is 9.47 Å². The maximum atomic E-state index is 12.0. The van der Waals surface area contributed by atoms with E-state index in [1.54, 1.807) is 13.0 Å². The summed E-state index contributed by atoms with van der Waals surface area (Å²) in [4.78, 5) is 0. The maximum absolute atomic E-state index is 12.0. The molecule has 0 aliphatic carbocycles. The normalized spacial score (nSPS) is 13.2. The summed E-state index contributed by atoms with van der Waals surface area (Å²) in [6.07, 6.45) is -5.94. The summed E-state index contributed by atoms with van der Waals surface area (Å²) < 4.78 is 45.9. The molecule has 0 saturated heterocycles. The van der Waals surface area contributed by atoms with E-state index in [0.29, 0.717) is 11.3 Å². The summed E-state index contributed by atoms with van der Waals surface area (Å²) in [6.45, 7) is 1.12. The SMILES string of the molecule is COc1cc(C(C)O)ccc1OCCC(F)(F)F. The third-order valence-electron chi connectivity index (χ3n) is 2.31. The molecule has 3 nitrogen and oxygen atoms in total. The van der Waals surface area contributed by atoms with E-state index in [9.17, 15) is 18.3 Å². The number of alkyl halides is 3. The minimum atomic E-state index is -4.24. The molecule has 0 aliphatic heterocycles. The molecule has 1 atom stereocenters. The number of halogens is 3. The molecule has 0 heterocycles. The molecule has 0 amide bonds.